The smallest absolute Gasteiger partial charge is 0.248 e. The minimum absolute atomic E-state index is 0.0565. The fourth-order valence-corrected chi connectivity index (χ4v) is 7.56. The van der Waals surface area contributed by atoms with Gasteiger partial charge in [-0.25, -0.2) is 8.78 Å². The van der Waals surface area contributed by atoms with E-state index in [1.54, 1.807) is 4.88 Å². The van der Waals surface area contributed by atoms with Crippen molar-refractivity contribution in [2.75, 3.05) is 26.2 Å². The van der Waals surface area contributed by atoms with E-state index in [0.717, 1.165) is 64.8 Å². The number of halogens is 2. The van der Waals surface area contributed by atoms with E-state index in [-0.39, 0.29) is 36.3 Å². The van der Waals surface area contributed by atoms with E-state index in [9.17, 15) is 13.6 Å². The molecule has 0 radical (unpaired) electrons. The highest BCUT2D eigenvalue weighted by molar-refractivity contribution is 7.12. The molecule has 1 aromatic rings. The van der Waals surface area contributed by atoms with Crippen LogP contribution in [0.2, 0.25) is 0 Å². The van der Waals surface area contributed by atoms with Gasteiger partial charge in [-0.2, -0.15) is 0 Å². The first-order valence-electron chi connectivity index (χ1n) is 13.0. The largest absolute Gasteiger partial charge is 0.370 e. The number of fused-ring (bicyclic) bond motifs is 2. The van der Waals surface area contributed by atoms with Crippen molar-refractivity contribution in [3.8, 4) is 0 Å². The molecule has 2 aliphatic carbocycles. The van der Waals surface area contributed by atoms with Gasteiger partial charge >= 0.3 is 0 Å². The second kappa shape index (κ2) is 9.54. The van der Waals surface area contributed by atoms with Crippen LogP contribution in [0.4, 0.5) is 8.78 Å². The molecule has 1 aromatic heterocycles. The highest BCUT2D eigenvalue weighted by atomic mass is 32.1. The summed E-state index contributed by atoms with van der Waals surface area (Å²) in [4.78, 5) is 18.0. The summed E-state index contributed by atoms with van der Waals surface area (Å²) in [6, 6.07) is 2.68. The number of aryl methyl sites for hydroxylation is 1. The molecule has 5 rings (SSSR count). The molecule has 3 fully saturated rings. The molecule has 0 atom stereocenters. The Balaban J connectivity index is 1.02. The Kier molecular flexibility index (Phi) is 6.84. The van der Waals surface area contributed by atoms with Crippen LogP contribution < -0.4 is 5.32 Å². The summed E-state index contributed by atoms with van der Waals surface area (Å²) in [5.41, 5.74) is 1.41. The highest BCUT2D eigenvalue weighted by Crippen LogP contribution is 2.45. The molecule has 0 aromatic carbocycles. The van der Waals surface area contributed by atoms with Gasteiger partial charge in [-0.15, -0.1) is 11.3 Å². The summed E-state index contributed by atoms with van der Waals surface area (Å²) in [5.74, 6) is -1.69. The molecule has 0 bridgehead atoms. The minimum atomic E-state index is -2.52. The van der Waals surface area contributed by atoms with Crippen molar-refractivity contribution in [3.63, 3.8) is 0 Å². The predicted molar refractivity (Wildman–Crippen MR) is 127 cm³/mol. The van der Waals surface area contributed by atoms with Crippen molar-refractivity contribution in [2.24, 2.45) is 11.8 Å². The second-order valence-electron chi connectivity index (χ2n) is 10.9. The van der Waals surface area contributed by atoms with Gasteiger partial charge in [-0.1, -0.05) is 6.92 Å². The normalized spacial score (nSPS) is 29.4. The van der Waals surface area contributed by atoms with Gasteiger partial charge in [-0.3, -0.25) is 4.79 Å². The summed E-state index contributed by atoms with van der Waals surface area (Å²) in [6.07, 6.45) is 7.64. The van der Waals surface area contributed by atoms with E-state index in [1.807, 2.05) is 11.3 Å². The Bertz CT molecular complexity index is 833. The van der Waals surface area contributed by atoms with Crippen LogP contribution in [-0.4, -0.2) is 49.0 Å². The number of likely N-dealkylation sites (tertiary alicyclic amines) is 1. The topological polar surface area (TPSA) is 41.6 Å². The van der Waals surface area contributed by atoms with Crippen LogP contribution in [0.15, 0.2) is 6.07 Å². The zero-order chi connectivity index (χ0) is 23.1. The van der Waals surface area contributed by atoms with Crippen LogP contribution >= 0.6 is 11.3 Å². The zero-order valence-electron chi connectivity index (χ0n) is 19.8. The quantitative estimate of drug-likeness (QED) is 0.602. The van der Waals surface area contributed by atoms with Crippen LogP contribution in [0, 0.1) is 11.8 Å². The summed E-state index contributed by atoms with van der Waals surface area (Å²) in [6.45, 7) is 6.35. The number of carbonyl (C=O) groups is 1. The number of nitrogens with zero attached hydrogens (tertiary/aromatic N) is 1. The fourth-order valence-electron chi connectivity index (χ4n) is 6.38. The van der Waals surface area contributed by atoms with Gasteiger partial charge in [-0.05, 0) is 68.4 Å². The van der Waals surface area contributed by atoms with Crippen molar-refractivity contribution in [1.29, 1.82) is 0 Å². The van der Waals surface area contributed by atoms with Crippen LogP contribution in [0.5, 0.6) is 0 Å². The van der Waals surface area contributed by atoms with Crippen molar-refractivity contribution in [1.82, 2.24) is 10.2 Å². The molecule has 184 valence electrons. The molecular formula is C26H38F2N2O2S. The SMILES string of the molecule is CCc1cc2c(s1)CCOC21CCN(CC2CC(NC(=O)CC3CCC(F)(F)CC3)C2)CC1. The molecule has 2 aliphatic heterocycles. The van der Waals surface area contributed by atoms with Gasteiger partial charge in [0.2, 0.25) is 11.8 Å². The third-order valence-corrected chi connectivity index (χ3v) is 9.84. The molecule has 4 nitrogen and oxygen atoms in total. The minimum Gasteiger partial charge on any atom is -0.370 e. The Morgan fingerprint density at radius 1 is 1.18 bits per heavy atom. The molecule has 4 aliphatic rings. The Morgan fingerprint density at radius 3 is 2.61 bits per heavy atom. The van der Waals surface area contributed by atoms with Gasteiger partial charge < -0.3 is 15.0 Å². The number of alkyl halides is 2. The van der Waals surface area contributed by atoms with Crippen molar-refractivity contribution < 1.29 is 18.3 Å². The average Bonchev–Trinajstić information content (AvgIpc) is 3.20. The number of amides is 1. The third-order valence-electron chi connectivity index (χ3n) is 8.50. The van der Waals surface area contributed by atoms with Gasteiger partial charge in [0.25, 0.3) is 0 Å². The van der Waals surface area contributed by atoms with Crippen molar-refractivity contribution in [2.45, 2.75) is 95.1 Å². The standard InChI is InChI=1S/C26H38F2N2O2S/c1-2-21-16-22-23(33-21)5-12-32-25(22)8-10-30(11-9-25)17-19-13-20(14-19)29-24(31)15-18-3-6-26(27,28)7-4-18/h16,18-20H,2-15,17H2,1H3,(H,29,31). The second-order valence-corrected chi connectivity index (χ2v) is 12.1. The molecule has 1 amide bonds. The van der Waals surface area contributed by atoms with Crippen molar-refractivity contribution >= 4 is 17.2 Å². The summed E-state index contributed by atoms with van der Waals surface area (Å²) < 4.78 is 33.0. The summed E-state index contributed by atoms with van der Waals surface area (Å²) in [5, 5.41) is 3.15. The van der Waals surface area contributed by atoms with Gasteiger partial charge in [0, 0.05) is 61.1 Å². The van der Waals surface area contributed by atoms with E-state index >= 15 is 0 Å². The van der Waals surface area contributed by atoms with E-state index < -0.39 is 5.92 Å². The summed E-state index contributed by atoms with van der Waals surface area (Å²) in [7, 11) is 0. The lowest BCUT2D eigenvalue weighted by Crippen LogP contribution is -2.51. The number of nitrogens with one attached hydrogen (secondary N) is 1. The molecular weight excluding hydrogens is 442 g/mol. The van der Waals surface area contributed by atoms with Gasteiger partial charge in [0.1, 0.15) is 0 Å². The number of thiophene rings is 1. The number of rotatable bonds is 6. The lowest BCUT2D eigenvalue weighted by molar-refractivity contribution is -0.125. The maximum absolute atomic E-state index is 13.3. The number of carbonyl (C=O) groups excluding carboxylic acids is 1. The Labute approximate surface area is 200 Å². The first-order valence-corrected chi connectivity index (χ1v) is 13.8. The van der Waals surface area contributed by atoms with E-state index in [4.69, 9.17) is 4.74 Å². The monoisotopic (exact) mass is 480 g/mol. The Morgan fingerprint density at radius 2 is 1.91 bits per heavy atom. The Hall–Kier alpha value is -1.05. The zero-order valence-corrected chi connectivity index (χ0v) is 20.7. The van der Waals surface area contributed by atoms with Crippen LogP contribution in [0.25, 0.3) is 0 Å². The van der Waals surface area contributed by atoms with E-state index in [0.29, 0.717) is 25.2 Å². The maximum Gasteiger partial charge on any atom is 0.248 e. The molecule has 7 heteroatoms. The van der Waals surface area contributed by atoms with Gasteiger partial charge in [0.15, 0.2) is 0 Å². The number of hydrogen-bond donors (Lipinski definition) is 1. The van der Waals surface area contributed by atoms with Crippen LogP contribution in [-0.2, 0) is 28.0 Å². The van der Waals surface area contributed by atoms with Gasteiger partial charge in [0.05, 0.1) is 12.2 Å². The van der Waals surface area contributed by atoms with Crippen LogP contribution in [0.3, 0.4) is 0 Å². The first kappa shape index (κ1) is 23.7. The lowest BCUT2D eigenvalue weighted by Gasteiger charge is -2.46. The molecule has 0 unspecified atom stereocenters. The third kappa shape index (κ3) is 5.30. The molecule has 2 saturated carbocycles. The first-order chi connectivity index (χ1) is 15.8. The van der Waals surface area contributed by atoms with Crippen molar-refractivity contribution in [3.05, 3.63) is 21.4 Å². The molecule has 3 heterocycles. The van der Waals surface area contributed by atoms with Crippen LogP contribution in [0.1, 0.15) is 80.0 Å². The molecule has 1 saturated heterocycles. The fraction of sp³-hybridized carbons (Fsp3) is 0.808. The maximum atomic E-state index is 13.3. The molecule has 33 heavy (non-hydrogen) atoms. The number of ether oxygens (including phenoxy) is 1. The molecule has 1 N–H and O–H groups in total. The molecule has 1 spiro atoms. The summed E-state index contributed by atoms with van der Waals surface area (Å²) >= 11 is 1.98. The van der Waals surface area contributed by atoms with E-state index in [1.165, 1.54) is 10.4 Å². The number of piperidine rings is 1. The number of hydrogen-bond acceptors (Lipinski definition) is 4. The highest BCUT2D eigenvalue weighted by Gasteiger charge is 2.43. The van der Waals surface area contributed by atoms with E-state index in [2.05, 4.69) is 23.2 Å². The predicted octanol–water partition coefficient (Wildman–Crippen LogP) is 5.28. The average molecular weight is 481 g/mol. The lowest BCUT2D eigenvalue weighted by atomic mass is 9.78.